The van der Waals surface area contributed by atoms with E-state index in [1.54, 1.807) is 6.92 Å². The number of carbonyl (C=O) groups is 1. The summed E-state index contributed by atoms with van der Waals surface area (Å²) in [6, 6.07) is 2.85. The predicted octanol–water partition coefficient (Wildman–Crippen LogP) is 1.85. The van der Waals surface area contributed by atoms with Gasteiger partial charge in [-0.05, 0) is 19.1 Å². The molecule has 0 saturated carbocycles. The number of aryl methyl sites for hydroxylation is 1. The van der Waals surface area contributed by atoms with Gasteiger partial charge < -0.3 is 9.52 Å². The van der Waals surface area contributed by atoms with E-state index >= 15 is 0 Å². The highest BCUT2D eigenvalue weighted by molar-refractivity contribution is 5.75. The Kier molecular flexibility index (Phi) is 2.36. The summed E-state index contributed by atoms with van der Waals surface area (Å²) in [5, 5.41) is 8.12. The minimum atomic E-state index is -3.76. The van der Waals surface area contributed by atoms with Crippen LogP contribution in [0.15, 0.2) is 16.5 Å². The molecule has 0 unspecified atom stereocenters. The molecule has 72 valence electrons. The van der Waals surface area contributed by atoms with Gasteiger partial charge in [-0.1, -0.05) is 0 Å². The van der Waals surface area contributed by atoms with E-state index in [1.807, 2.05) is 0 Å². The molecule has 5 heteroatoms. The third kappa shape index (κ3) is 2.27. The van der Waals surface area contributed by atoms with Crippen molar-refractivity contribution in [1.29, 1.82) is 0 Å². The summed E-state index contributed by atoms with van der Waals surface area (Å²) in [5.41, 5.74) is 0. The summed E-state index contributed by atoms with van der Waals surface area (Å²) in [6.07, 6.45) is -0.907. The van der Waals surface area contributed by atoms with Gasteiger partial charge in [0.05, 0.1) is 6.42 Å². The molecule has 1 rings (SSSR count). The fraction of sp³-hybridized carbons (Fsp3) is 0.375. The Labute approximate surface area is 73.0 Å². The Morgan fingerprint density at radius 2 is 2.23 bits per heavy atom. The normalized spacial score (nSPS) is 11.6. The molecular weight excluding hydrogens is 182 g/mol. The van der Waals surface area contributed by atoms with Crippen LogP contribution in [0.1, 0.15) is 11.5 Å². The lowest BCUT2D eigenvalue weighted by molar-refractivity contribution is -0.164. The van der Waals surface area contributed by atoms with E-state index in [1.165, 1.54) is 12.1 Å². The first-order valence-corrected chi connectivity index (χ1v) is 3.58. The van der Waals surface area contributed by atoms with Crippen molar-refractivity contribution in [2.75, 3.05) is 0 Å². The van der Waals surface area contributed by atoms with Crippen LogP contribution < -0.4 is 0 Å². The lowest BCUT2D eigenvalue weighted by Crippen LogP contribution is -2.30. The van der Waals surface area contributed by atoms with Crippen LogP contribution in [0.5, 0.6) is 0 Å². The van der Waals surface area contributed by atoms with Gasteiger partial charge in [-0.3, -0.25) is 0 Å². The van der Waals surface area contributed by atoms with E-state index in [9.17, 15) is 13.6 Å². The predicted molar refractivity (Wildman–Crippen MR) is 39.7 cm³/mol. The van der Waals surface area contributed by atoms with Crippen molar-refractivity contribution < 1.29 is 23.1 Å². The van der Waals surface area contributed by atoms with Gasteiger partial charge in [0.15, 0.2) is 0 Å². The second-order valence-electron chi connectivity index (χ2n) is 2.70. The molecule has 3 nitrogen and oxygen atoms in total. The highest BCUT2D eigenvalue weighted by Crippen LogP contribution is 2.21. The minimum Gasteiger partial charge on any atom is -0.477 e. The third-order valence-electron chi connectivity index (χ3n) is 1.51. The number of hydrogen-bond donors (Lipinski definition) is 1. The first-order chi connectivity index (χ1) is 5.92. The second kappa shape index (κ2) is 3.16. The van der Waals surface area contributed by atoms with E-state index in [-0.39, 0.29) is 5.76 Å². The minimum absolute atomic E-state index is 0.0232. The lowest BCUT2D eigenvalue weighted by Gasteiger charge is -2.07. The molecule has 0 aliphatic rings. The summed E-state index contributed by atoms with van der Waals surface area (Å²) in [4.78, 5) is 10.0. The molecule has 0 aliphatic carbocycles. The van der Waals surface area contributed by atoms with Crippen LogP contribution in [0, 0.1) is 6.92 Å². The maximum atomic E-state index is 12.6. The monoisotopic (exact) mass is 190 g/mol. The topological polar surface area (TPSA) is 50.4 Å². The van der Waals surface area contributed by atoms with E-state index in [4.69, 9.17) is 9.52 Å². The quantitative estimate of drug-likeness (QED) is 0.791. The van der Waals surface area contributed by atoms with E-state index in [0.29, 0.717) is 5.76 Å². The largest absolute Gasteiger partial charge is 0.477 e. The molecule has 1 heterocycles. The highest BCUT2D eigenvalue weighted by Gasteiger charge is 2.39. The van der Waals surface area contributed by atoms with E-state index < -0.39 is 18.3 Å². The Balaban J connectivity index is 2.74. The summed E-state index contributed by atoms with van der Waals surface area (Å²) in [7, 11) is 0. The smallest absolute Gasteiger partial charge is 0.375 e. The zero-order valence-electron chi connectivity index (χ0n) is 6.88. The van der Waals surface area contributed by atoms with Gasteiger partial charge in [0.25, 0.3) is 0 Å². The molecule has 0 fully saturated rings. The van der Waals surface area contributed by atoms with Gasteiger partial charge >= 0.3 is 11.9 Å². The lowest BCUT2D eigenvalue weighted by atomic mass is 10.2. The fourth-order valence-electron chi connectivity index (χ4n) is 0.875. The molecule has 0 bridgehead atoms. The average molecular weight is 190 g/mol. The molecule has 0 radical (unpaired) electrons. The zero-order chi connectivity index (χ0) is 10.1. The maximum absolute atomic E-state index is 12.6. The van der Waals surface area contributed by atoms with Crippen LogP contribution >= 0.6 is 0 Å². The second-order valence-corrected chi connectivity index (χ2v) is 2.70. The Morgan fingerprint density at radius 3 is 2.62 bits per heavy atom. The number of hydrogen-bond acceptors (Lipinski definition) is 2. The third-order valence-corrected chi connectivity index (χ3v) is 1.51. The highest BCUT2D eigenvalue weighted by atomic mass is 19.3. The van der Waals surface area contributed by atoms with Gasteiger partial charge in [0.1, 0.15) is 11.5 Å². The van der Waals surface area contributed by atoms with Crippen molar-refractivity contribution in [1.82, 2.24) is 0 Å². The van der Waals surface area contributed by atoms with Crippen LogP contribution in [0.3, 0.4) is 0 Å². The van der Waals surface area contributed by atoms with Crippen molar-refractivity contribution in [3.63, 3.8) is 0 Å². The van der Waals surface area contributed by atoms with E-state index in [0.717, 1.165) is 0 Å². The van der Waals surface area contributed by atoms with Gasteiger partial charge in [-0.25, -0.2) is 4.79 Å². The average Bonchev–Trinajstić information content (AvgIpc) is 2.34. The molecule has 0 aliphatic heterocycles. The molecule has 0 aromatic carbocycles. The number of halogens is 2. The SMILES string of the molecule is Cc1ccc(CC(F)(F)C(=O)O)o1. The Morgan fingerprint density at radius 1 is 1.62 bits per heavy atom. The van der Waals surface area contributed by atoms with Crippen LogP contribution in [0.4, 0.5) is 8.78 Å². The molecule has 1 N–H and O–H groups in total. The number of aliphatic carboxylic acids is 1. The maximum Gasteiger partial charge on any atom is 0.375 e. The molecule has 0 atom stereocenters. The van der Waals surface area contributed by atoms with Gasteiger partial charge in [-0.15, -0.1) is 0 Å². The summed E-state index contributed by atoms with van der Waals surface area (Å²) in [5.74, 6) is -5.44. The molecule has 0 spiro atoms. The summed E-state index contributed by atoms with van der Waals surface area (Å²) >= 11 is 0. The van der Waals surface area contributed by atoms with Crippen molar-refractivity contribution in [2.24, 2.45) is 0 Å². The van der Waals surface area contributed by atoms with Crippen molar-refractivity contribution in [2.45, 2.75) is 19.3 Å². The molecule has 1 aromatic heterocycles. The zero-order valence-corrected chi connectivity index (χ0v) is 6.88. The molecule has 0 amide bonds. The Bertz CT molecular complexity index is 317. The van der Waals surface area contributed by atoms with Crippen LogP contribution in [0.2, 0.25) is 0 Å². The molecule has 13 heavy (non-hydrogen) atoms. The van der Waals surface area contributed by atoms with E-state index in [2.05, 4.69) is 0 Å². The Hall–Kier alpha value is -1.39. The first-order valence-electron chi connectivity index (χ1n) is 3.58. The number of alkyl halides is 2. The van der Waals surface area contributed by atoms with Crippen LogP contribution in [-0.2, 0) is 11.2 Å². The summed E-state index contributed by atoms with van der Waals surface area (Å²) in [6.45, 7) is 1.60. The van der Waals surface area contributed by atoms with Gasteiger partial charge in [0, 0.05) is 0 Å². The standard InChI is InChI=1S/C8H8F2O3/c1-5-2-3-6(13-5)4-8(9,10)7(11)12/h2-3H,4H2,1H3,(H,11,12). The molecule has 0 saturated heterocycles. The van der Waals surface area contributed by atoms with Crippen LogP contribution in [0.25, 0.3) is 0 Å². The van der Waals surface area contributed by atoms with Gasteiger partial charge in [0.2, 0.25) is 0 Å². The van der Waals surface area contributed by atoms with Crippen LogP contribution in [-0.4, -0.2) is 17.0 Å². The number of carboxylic acid groups (broad SMARTS) is 1. The molecule has 1 aromatic rings. The number of rotatable bonds is 3. The van der Waals surface area contributed by atoms with Crippen molar-refractivity contribution >= 4 is 5.97 Å². The van der Waals surface area contributed by atoms with Crippen molar-refractivity contribution in [3.05, 3.63) is 23.7 Å². The summed E-state index contributed by atoms with van der Waals surface area (Å²) < 4.78 is 30.0. The van der Waals surface area contributed by atoms with Gasteiger partial charge in [-0.2, -0.15) is 8.78 Å². The number of carboxylic acids is 1. The first kappa shape index (κ1) is 9.70. The van der Waals surface area contributed by atoms with Crippen molar-refractivity contribution in [3.8, 4) is 0 Å². The fourth-order valence-corrected chi connectivity index (χ4v) is 0.875. The number of furan rings is 1. The molecular formula is C8H8F2O3.